The monoisotopic (exact) mass is 332 g/mol. The summed E-state index contributed by atoms with van der Waals surface area (Å²) >= 11 is 6.53. The smallest absolute Gasteiger partial charge is 0.0935 e. The molecule has 0 aromatic rings. The molecule has 0 aromatic carbocycles. The van der Waals surface area contributed by atoms with Crippen LogP contribution in [0.3, 0.4) is 0 Å². The zero-order valence-corrected chi connectivity index (χ0v) is 11.2. The van der Waals surface area contributed by atoms with Crippen molar-refractivity contribution in [1.29, 1.82) is 0 Å². The maximum atomic E-state index is 9.46. The lowest BCUT2D eigenvalue weighted by Crippen LogP contribution is -2.42. The zero-order chi connectivity index (χ0) is 10.8. The molecule has 0 bridgehead atoms. The highest BCUT2D eigenvalue weighted by Gasteiger charge is 2.14. The van der Waals surface area contributed by atoms with Gasteiger partial charge in [0.1, 0.15) is 0 Å². The quantitative estimate of drug-likeness (QED) is 0.345. The largest absolute Gasteiger partial charge is 0.389 e. The molecule has 4 N–H and O–H groups in total. The van der Waals surface area contributed by atoms with Crippen molar-refractivity contribution in [1.82, 2.24) is 10.6 Å². The van der Waals surface area contributed by atoms with Crippen molar-refractivity contribution >= 4 is 31.9 Å². The number of hydrogen-bond donors (Lipinski definition) is 4. The summed E-state index contributed by atoms with van der Waals surface area (Å²) in [5.74, 6) is 0. The van der Waals surface area contributed by atoms with Gasteiger partial charge in [-0.3, -0.25) is 0 Å². The van der Waals surface area contributed by atoms with Gasteiger partial charge in [0.05, 0.1) is 12.2 Å². The first kappa shape index (κ1) is 14.8. The fraction of sp³-hybridized carbons (Fsp3) is 1.00. The lowest BCUT2D eigenvalue weighted by atomic mass is 10.2. The minimum atomic E-state index is -0.711. The molecule has 0 heterocycles. The average Bonchev–Trinajstić information content (AvgIpc) is 2.18. The Morgan fingerprint density at radius 3 is 1.50 bits per heavy atom. The predicted octanol–water partition coefficient (Wildman–Crippen LogP) is -0.323. The third-order valence-corrected chi connectivity index (χ3v) is 2.49. The van der Waals surface area contributed by atoms with Crippen LogP contribution in [0.15, 0.2) is 0 Å². The maximum absolute atomic E-state index is 9.46. The van der Waals surface area contributed by atoms with E-state index in [1.165, 1.54) is 0 Å². The molecule has 6 heteroatoms. The number of aliphatic hydroxyl groups excluding tert-OH is 2. The minimum absolute atomic E-state index is 0.419. The summed E-state index contributed by atoms with van der Waals surface area (Å²) in [5.41, 5.74) is 0. The molecule has 14 heavy (non-hydrogen) atoms. The van der Waals surface area contributed by atoms with Gasteiger partial charge < -0.3 is 20.8 Å². The van der Waals surface area contributed by atoms with Gasteiger partial charge in [0, 0.05) is 36.8 Å². The normalized spacial score (nSPS) is 15.4. The Hall–Kier alpha value is 0.800. The van der Waals surface area contributed by atoms with Gasteiger partial charge in [0.15, 0.2) is 0 Å². The SMILES string of the molecule is O[C@H](CNCCBr)[C@H](O)CNCCBr. The second-order valence-electron chi connectivity index (χ2n) is 2.92. The van der Waals surface area contributed by atoms with Crippen molar-refractivity contribution in [2.45, 2.75) is 12.2 Å². The molecule has 0 saturated carbocycles. The number of nitrogens with one attached hydrogen (secondary N) is 2. The summed E-state index contributed by atoms with van der Waals surface area (Å²) in [6.07, 6.45) is -1.42. The van der Waals surface area contributed by atoms with Crippen LogP contribution in [0.25, 0.3) is 0 Å². The van der Waals surface area contributed by atoms with Crippen LogP contribution in [-0.2, 0) is 0 Å². The second kappa shape index (κ2) is 10.3. The lowest BCUT2D eigenvalue weighted by molar-refractivity contribution is 0.0216. The molecule has 0 rings (SSSR count). The van der Waals surface area contributed by atoms with E-state index in [2.05, 4.69) is 42.5 Å². The van der Waals surface area contributed by atoms with Crippen LogP contribution < -0.4 is 10.6 Å². The fourth-order valence-electron chi connectivity index (χ4n) is 0.906. The standard InChI is InChI=1S/C8H18Br2N2O2/c9-1-3-11-5-7(13)8(14)6-12-4-2-10/h7-8,11-14H,1-6H2/t7-,8-/m1/s1. The van der Waals surface area contributed by atoms with Gasteiger partial charge in [-0.15, -0.1) is 0 Å². The van der Waals surface area contributed by atoms with Crippen LogP contribution in [-0.4, -0.2) is 59.3 Å². The fourth-order valence-corrected chi connectivity index (χ4v) is 1.47. The molecule has 0 spiro atoms. The van der Waals surface area contributed by atoms with Crippen LogP contribution in [0, 0.1) is 0 Å². The van der Waals surface area contributed by atoms with Crippen LogP contribution in [0.4, 0.5) is 0 Å². The van der Waals surface area contributed by atoms with Crippen LogP contribution >= 0.6 is 31.9 Å². The van der Waals surface area contributed by atoms with Crippen molar-refractivity contribution in [3.8, 4) is 0 Å². The summed E-state index contributed by atoms with van der Waals surface area (Å²) in [4.78, 5) is 0. The van der Waals surface area contributed by atoms with Crippen LogP contribution in [0.2, 0.25) is 0 Å². The number of alkyl halides is 2. The molecule has 4 nitrogen and oxygen atoms in total. The van der Waals surface area contributed by atoms with E-state index in [1.54, 1.807) is 0 Å². The molecule has 0 aromatic heterocycles. The topological polar surface area (TPSA) is 64.5 Å². The van der Waals surface area contributed by atoms with Gasteiger partial charge >= 0.3 is 0 Å². The van der Waals surface area contributed by atoms with Gasteiger partial charge in [-0.25, -0.2) is 0 Å². The second-order valence-corrected chi connectivity index (χ2v) is 4.51. The first-order chi connectivity index (χ1) is 6.72. The zero-order valence-electron chi connectivity index (χ0n) is 8.05. The molecule has 2 atom stereocenters. The van der Waals surface area contributed by atoms with Gasteiger partial charge in [-0.05, 0) is 0 Å². The highest BCUT2D eigenvalue weighted by molar-refractivity contribution is 9.09. The summed E-state index contributed by atoms with van der Waals surface area (Å²) in [7, 11) is 0. The molecular formula is C8H18Br2N2O2. The first-order valence-electron chi connectivity index (χ1n) is 4.61. The molecular weight excluding hydrogens is 316 g/mol. The van der Waals surface area contributed by atoms with E-state index in [9.17, 15) is 10.2 Å². The Kier molecular flexibility index (Phi) is 10.9. The summed E-state index contributed by atoms with van der Waals surface area (Å²) in [6.45, 7) is 2.42. The molecule has 0 radical (unpaired) electrons. The van der Waals surface area contributed by atoms with Crippen LogP contribution in [0.1, 0.15) is 0 Å². The summed E-state index contributed by atoms with van der Waals surface area (Å²) < 4.78 is 0. The Balaban J connectivity index is 3.39. The van der Waals surface area contributed by atoms with E-state index in [1.807, 2.05) is 0 Å². The van der Waals surface area contributed by atoms with Crippen molar-refractivity contribution in [3.63, 3.8) is 0 Å². The summed E-state index contributed by atoms with van der Waals surface area (Å²) in [6, 6.07) is 0. The molecule has 0 amide bonds. The van der Waals surface area contributed by atoms with E-state index in [0.29, 0.717) is 13.1 Å². The Morgan fingerprint density at radius 1 is 0.857 bits per heavy atom. The van der Waals surface area contributed by atoms with E-state index < -0.39 is 12.2 Å². The van der Waals surface area contributed by atoms with Crippen molar-refractivity contribution < 1.29 is 10.2 Å². The number of halogens is 2. The number of rotatable bonds is 9. The lowest BCUT2D eigenvalue weighted by Gasteiger charge is -2.18. The van der Waals surface area contributed by atoms with Gasteiger partial charge in [-0.1, -0.05) is 31.9 Å². The van der Waals surface area contributed by atoms with Crippen LogP contribution in [0.5, 0.6) is 0 Å². The summed E-state index contributed by atoms with van der Waals surface area (Å²) in [5, 5.41) is 26.6. The number of aliphatic hydroxyl groups is 2. The molecule has 0 aliphatic rings. The van der Waals surface area contributed by atoms with E-state index in [0.717, 1.165) is 23.7 Å². The Morgan fingerprint density at radius 2 is 1.21 bits per heavy atom. The van der Waals surface area contributed by atoms with E-state index >= 15 is 0 Å². The van der Waals surface area contributed by atoms with Gasteiger partial charge in [0.25, 0.3) is 0 Å². The van der Waals surface area contributed by atoms with Gasteiger partial charge in [0.2, 0.25) is 0 Å². The molecule has 86 valence electrons. The molecule has 0 aliphatic carbocycles. The van der Waals surface area contributed by atoms with Crippen molar-refractivity contribution in [2.24, 2.45) is 0 Å². The molecule has 0 aliphatic heterocycles. The predicted molar refractivity (Wildman–Crippen MR) is 65.3 cm³/mol. The third-order valence-electron chi connectivity index (χ3n) is 1.69. The van der Waals surface area contributed by atoms with Crippen molar-refractivity contribution in [3.05, 3.63) is 0 Å². The average molecular weight is 334 g/mol. The maximum Gasteiger partial charge on any atom is 0.0935 e. The first-order valence-corrected chi connectivity index (χ1v) is 6.86. The molecule has 0 unspecified atom stereocenters. The minimum Gasteiger partial charge on any atom is -0.389 e. The Labute approximate surface area is 102 Å². The van der Waals surface area contributed by atoms with E-state index in [4.69, 9.17) is 0 Å². The highest BCUT2D eigenvalue weighted by Crippen LogP contribution is 1.91. The highest BCUT2D eigenvalue weighted by atomic mass is 79.9. The Bertz CT molecular complexity index is 116. The van der Waals surface area contributed by atoms with E-state index in [-0.39, 0.29) is 0 Å². The molecule has 0 saturated heterocycles. The third kappa shape index (κ3) is 8.14. The van der Waals surface area contributed by atoms with Crippen molar-refractivity contribution in [2.75, 3.05) is 36.8 Å². The molecule has 0 fully saturated rings. The number of hydrogen-bond acceptors (Lipinski definition) is 4. The van der Waals surface area contributed by atoms with Gasteiger partial charge in [-0.2, -0.15) is 0 Å².